The molecule has 1 aliphatic carbocycles. The first-order valence-corrected chi connectivity index (χ1v) is 5.45. The van der Waals surface area contributed by atoms with Crippen molar-refractivity contribution in [2.45, 2.75) is 51.6 Å². The molecule has 0 radical (unpaired) electrons. The molecule has 0 aromatic rings. The van der Waals surface area contributed by atoms with Gasteiger partial charge in [-0.2, -0.15) is 0 Å². The number of rotatable bonds is 0. The third-order valence-corrected chi connectivity index (χ3v) is 3.84. The molecule has 1 unspecified atom stereocenters. The maximum Gasteiger partial charge on any atom is 0.0125 e. The van der Waals surface area contributed by atoms with Crippen LogP contribution in [0.2, 0.25) is 0 Å². The Morgan fingerprint density at radius 3 is 2.38 bits per heavy atom. The molecule has 1 saturated carbocycles. The molecular weight excluding hydrogens is 160 g/mol. The van der Waals surface area contributed by atoms with Crippen LogP contribution < -0.4 is 5.73 Å². The Hall–Kier alpha value is -0.0800. The Morgan fingerprint density at radius 2 is 1.92 bits per heavy atom. The van der Waals surface area contributed by atoms with Gasteiger partial charge in [0.05, 0.1) is 0 Å². The molecule has 1 saturated heterocycles. The van der Waals surface area contributed by atoms with Crippen LogP contribution >= 0.6 is 0 Å². The minimum atomic E-state index is 0.329. The van der Waals surface area contributed by atoms with Gasteiger partial charge in [0.15, 0.2) is 0 Å². The van der Waals surface area contributed by atoms with E-state index in [1.807, 2.05) is 0 Å². The molecule has 2 nitrogen and oxygen atoms in total. The van der Waals surface area contributed by atoms with Gasteiger partial charge in [0.2, 0.25) is 0 Å². The summed E-state index contributed by atoms with van der Waals surface area (Å²) in [6.07, 6.45) is 3.92. The third kappa shape index (κ3) is 1.62. The zero-order valence-corrected chi connectivity index (χ0v) is 9.14. The van der Waals surface area contributed by atoms with E-state index in [4.69, 9.17) is 5.73 Å². The minimum Gasteiger partial charge on any atom is -0.327 e. The first kappa shape index (κ1) is 9.47. The van der Waals surface area contributed by atoms with Gasteiger partial charge >= 0.3 is 0 Å². The Labute approximate surface area is 81.5 Å². The second-order valence-electron chi connectivity index (χ2n) is 5.85. The average Bonchev–Trinajstić information content (AvgIpc) is 2.75. The van der Waals surface area contributed by atoms with Crippen LogP contribution in [0.4, 0.5) is 0 Å². The van der Waals surface area contributed by atoms with Crippen molar-refractivity contribution in [1.29, 1.82) is 0 Å². The number of likely N-dealkylation sites (tertiary alicyclic amines) is 1. The lowest BCUT2D eigenvalue weighted by Gasteiger charge is -2.44. The van der Waals surface area contributed by atoms with Crippen molar-refractivity contribution >= 4 is 0 Å². The Bertz CT molecular complexity index is 201. The second kappa shape index (κ2) is 2.71. The summed E-state index contributed by atoms with van der Waals surface area (Å²) in [6.45, 7) is 9.34. The van der Waals surface area contributed by atoms with Gasteiger partial charge in [-0.3, -0.25) is 4.90 Å². The summed E-state index contributed by atoms with van der Waals surface area (Å²) in [4.78, 5) is 2.60. The molecule has 0 bridgehead atoms. The van der Waals surface area contributed by atoms with Crippen LogP contribution in [0.1, 0.15) is 40.0 Å². The van der Waals surface area contributed by atoms with Gasteiger partial charge in [-0.25, -0.2) is 0 Å². The quantitative estimate of drug-likeness (QED) is 0.616. The second-order valence-corrected chi connectivity index (χ2v) is 5.85. The Balaban J connectivity index is 2.04. The number of piperidine rings is 1. The van der Waals surface area contributed by atoms with E-state index in [0.29, 0.717) is 17.0 Å². The molecule has 0 aromatic carbocycles. The molecule has 1 aliphatic heterocycles. The van der Waals surface area contributed by atoms with Crippen LogP contribution in [-0.2, 0) is 0 Å². The average molecular weight is 182 g/mol. The number of hydrogen-bond acceptors (Lipinski definition) is 2. The van der Waals surface area contributed by atoms with Gasteiger partial charge in [0, 0.05) is 24.7 Å². The fraction of sp³-hybridized carbons (Fsp3) is 1.00. The maximum absolute atomic E-state index is 6.15. The van der Waals surface area contributed by atoms with Gasteiger partial charge in [-0.1, -0.05) is 0 Å². The van der Waals surface area contributed by atoms with Crippen LogP contribution in [0.25, 0.3) is 0 Å². The van der Waals surface area contributed by atoms with Gasteiger partial charge in [0.25, 0.3) is 0 Å². The standard InChI is InChI=1S/C11H22N2/c1-10(2,3)13-7-4-9(12)11(8-13)5-6-11/h9H,4-8,12H2,1-3H3. The lowest BCUT2D eigenvalue weighted by Crippen LogP contribution is -2.54. The molecular formula is C11H22N2. The largest absolute Gasteiger partial charge is 0.327 e. The lowest BCUT2D eigenvalue weighted by molar-refractivity contribution is 0.0585. The van der Waals surface area contributed by atoms with E-state index >= 15 is 0 Å². The Kier molecular flexibility index (Phi) is 1.97. The van der Waals surface area contributed by atoms with E-state index in [0.717, 1.165) is 0 Å². The highest BCUT2D eigenvalue weighted by atomic mass is 15.2. The van der Waals surface area contributed by atoms with Crippen LogP contribution in [-0.4, -0.2) is 29.6 Å². The van der Waals surface area contributed by atoms with E-state index < -0.39 is 0 Å². The molecule has 1 atom stereocenters. The normalized spacial score (nSPS) is 33.7. The van der Waals surface area contributed by atoms with Crippen LogP contribution in [0, 0.1) is 5.41 Å². The van der Waals surface area contributed by atoms with Crippen molar-refractivity contribution in [3.8, 4) is 0 Å². The van der Waals surface area contributed by atoms with Gasteiger partial charge in [-0.15, -0.1) is 0 Å². The summed E-state index contributed by atoms with van der Waals surface area (Å²) in [6, 6.07) is 0.478. The van der Waals surface area contributed by atoms with Crippen molar-refractivity contribution in [2.24, 2.45) is 11.1 Å². The Morgan fingerprint density at radius 1 is 1.31 bits per heavy atom. The first-order valence-electron chi connectivity index (χ1n) is 5.45. The molecule has 0 amide bonds. The van der Waals surface area contributed by atoms with E-state index in [-0.39, 0.29) is 0 Å². The van der Waals surface area contributed by atoms with Crippen molar-refractivity contribution in [3.63, 3.8) is 0 Å². The number of nitrogens with zero attached hydrogens (tertiary/aromatic N) is 1. The number of nitrogens with two attached hydrogens (primary N) is 1. The molecule has 1 spiro atoms. The molecule has 13 heavy (non-hydrogen) atoms. The zero-order chi connectivity index (χ0) is 9.69. The number of hydrogen-bond donors (Lipinski definition) is 1. The highest BCUT2D eigenvalue weighted by Crippen LogP contribution is 2.52. The van der Waals surface area contributed by atoms with E-state index in [2.05, 4.69) is 25.7 Å². The van der Waals surface area contributed by atoms with Crippen LogP contribution in [0.5, 0.6) is 0 Å². The van der Waals surface area contributed by atoms with Crippen molar-refractivity contribution in [2.75, 3.05) is 13.1 Å². The third-order valence-electron chi connectivity index (χ3n) is 3.84. The smallest absolute Gasteiger partial charge is 0.0125 e. The van der Waals surface area contributed by atoms with Gasteiger partial charge in [-0.05, 0) is 45.4 Å². The molecule has 2 fully saturated rings. The summed E-state index contributed by atoms with van der Waals surface area (Å²) >= 11 is 0. The van der Waals surface area contributed by atoms with E-state index in [1.165, 1.54) is 32.4 Å². The van der Waals surface area contributed by atoms with Gasteiger partial charge < -0.3 is 5.73 Å². The molecule has 76 valence electrons. The topological polar surface area (TPSA) is 29.3 Å². The fourth-order valence-electron chi connectivity index (χ4n) is 2.44. The summed E-state index contributed by atoms with van der Waals surface area (Å²) in [5.74, 6) is 0. The highest BCUT2D eigenvalue weighted by molar-refractivity contribution is 5.06. The SMILES string of the molecule is CC(C)(C)N1CCC(N)C2(CC2)C1. The van der Waals surface area contributed by atoms with Crippen LogP contribution in [0.3, 0.4) is 0 Å². The first-order chi connectivity index (χ1) is 5.94. The highest BCUT2D eigenvalue weighted by Gasteiger charge is 2.51. The minimum absolute atomic E-state index is 0.329. The molecule has 2 aliphatic rings. The summed E-state index contributed by atoms with van der Waals surface area (Å²) in [5, 5.41) is 0. The molecule has 1 heterocycles. The monoisotopic (exact) mass is 182 g/mol. The molecule has 2 N–H and O–H groups in total. The lowest BCUT2D eigenvalue weighted by atomic mass is 9.87. The summed E-state index contributed by atoms with van der Waals surface area (Å²) in [7, 11) is 0. The van der Waals surface area contributed by atoms with Gasteiger partial charge in [0.1, 0.15) is 0 Å². The summed E-state index contributed by atoms with van der Waals surface area (Å²) in [5.41, 5.74) is 7.00. The van der Waals surface area contributed by atoms with Crippen molar-refractivity contribution < 1.29 is 0 Å². The molecule has 2 rings (SSSR count). The van der Waals surface area contributed by atoms with E-state index in [1.54, 1.807) is 0 Å². The predicted molar refractivity (Wildman–Crippen MR) is 55.6 cm³/mol. The molecule has 0 aromatic heterocycles. The zero-order valence-electron chi connectivity index (χ0n) is 9.14. The van der Waals surface area contributed by atoms with Crippen molar-refractivity contribution in [1.82, 2.24) is 4.90 Å². The summed E-state index contributed by atoms with van der Waals surface area (Å²) < 4.78 is 0. The van der Waals surface area contributed by atoms with Crippen molar-refractivity contribution in [3.05, 3.63) is 0 Å². The predicted octanol–water partition coefficient (Wildman–Crippen LogP) is 1.60. The fourth-order valence-corrected chi connectivity index (χ4v) is 2.44. The molecule has 2 heteroatoms. The maximum atomic E-state index is 6.15. The van der Waals surface area contributed by atoms with E-state index in [9.17, 15) is 0 Å². The van der Waals surface area contributed by atoms with Crippen LogP contribution in [0.15, 0.2) is 0 Å².